The van der Waals surface area contributed by atoms with Crippen LogP contribution in [0.1, 0.15) is 74.2 Å². The van der Waals surface area contributed by atoms with E-state index in [2.05, 4.69) is 10.6 Å². The Morgan fingerprint density at radius 1 is 0.902 bits per heavy atom. The Bertz CT molecular complexity index is 1720. The Morgan fingerprint density at radius 2 is 1.51 bits per heavy atom. The fourth-order valence-electron chi connectivity index (χ4n) is 5.16. The van der Waals surface area contributed by atoms with Gasteiger partial charge in [0.15, 0.2) is 0 Å². The molecule has 0 aromatic heterocycles. The van der Waals surface area contributed by atoms with Gasteiger partial charge in [0.25, 0.3) is 11.8 Å². The molecule has 0 aliphatic rings. The Balaban J connectivity index is 2.01. The van der Waals surface area contributed by atoms with E-state index in [0.29, 0.717) is 18.7 Å². The number of anilines is 1. The molecule has 278 valence electrons. The summed E-state index contributed by atoms with van der Waals surface area (Å²) >= 11 is 0. The second-order valence-corrected chi connectivity index (χ2v) is 15.7. The van der Waals surface area contributed by atoms with Crippen molar-refractivity contribution in [3.63, 3.8) is 0 Å². The molecule has 0 fully saturated rings. The number of rotatable bonds is 16. The van der Waals surface area contributed by atoms with Gasteiger partial charge in [-0.05, 0) is 87.6 Å². The van der Waals surface area contributed by atoms with E-state index >= 15 is 0 Å². The number of hydrogen-bond acceptors (Lipinski definition) is 8. The zero-order valence-corrected chi connectivity index (χ0v) is 31.6. The number of methoxy groups -OCH3 is 1. The van der Waals surface area contributed by atoms with Crippen molar-refractivity contribution in [1.82, 2.24) is 14.9 Å². The third-order valence-corrected chi connectivity index (χ3v) is 9.61. The number of nitrogens with zero attached hydrogens (tertiary/aromatic N) is 2. The minimum absolute atomic E-state index is 0.0413. The molecular formula is C38H52N4O8S. The van der Waals surface area contributed by atoms with E-state index < -0.39 is 45.7 Å². The lowest BCUT2D eigenvalue weighted by molar-refractivity contribution is 0.0588. The molecule has 3 rings (SSSR count). The molecule has 3 aromatic carbocycles. The van der Waals surface area contributed by atoms with Crippen LogP contribution in [0, 0.1) is 5.92 Å². The molecule has 0 spiro atoms. The first-order valence-electron chi connectivity index (χ1n) is 17.0. The lowest BCUT2D eigenvalue weighted by Gasteiger charge is -2.31. The minimum Gasteiger partial charge on any atom is -0.497 e. The quantitative estimate of drug-likeness (QED) is 0.181. The van der Waals surface area contributed by atoms with Crippen molar-refractivity contribution in [3.8, 4) is 5.75 Å². The molecule has 12 nitrogen and oxygen atoms in total. The van der Waals surface area contributed by atoms with Crippen molar-refractivity contribution in [2.24, 2.45) is 5.92 Å². The fraction of sp³-hybridized carbons (Fsp3) is 0.447. The van der Waals surface area contributed by atoms with Gasteiger partial charge in [-0.2, -0.15) is 4.31 Å². The lowest BCUT2D eigenvalue weighted by atomic mass is 9.99. The zero-order chi connectivity index (χ0) is 37.9. The molecule has 3 aromatic rings. The summed E-state index contributed by atoms with van der Waals surface area (Å²) in [6, 6.07) is 18.6. The Hall–Kier alpha value is -4.46. The van der Waals surface area contributed by atoms with Gasteiger partial charge in [0.05, 0.1) is 24.2 Å². The van der Waals surface area contributed by atoms with Gasteiger partial charge in [-0.15, -0.1) is 0 Å². The zero-order valence-electron chi connectivity index (χ0n) is 30.8. The molecular weight excluding hydrogens is 673 g/mol. The number of hydrogen-bond donors (Lipinski definition) is 3. The van der Waals surface area contributed by atoms with E-state index in [0.717, 1.165) is 5.56 Å². The maximum absolute atomic E-state index is 14.0. The largest absolute Gasteiger partial charge is 0.497 e. The lowest BCUT2D eigenvalue weighted by Crippen LogP contribution is -2.51. The highest BCUT2D eigenvalue weighted by Gasteiger charge is 2.32. The van der Waals surface area contributed by atoms with Crippen molar-refractivity contribution >= 4 is 33.6 Å². The van der Waals surface area contributed by atoms with Crippen LogP contribution in [0.3, 0.4) is 0 Å². The number of nitrogens with one attached hydrogen (secondary N) is 2. The monoisotopic (exact) mass is 724 g/mol. The van der Waals surface area contributed by atoms with Crippen LogP contribution in [0.5, 0.6) is 5.75 Å². The molecule has 0 saturated carbocycles. The number of amides is 3. The Kier molecular flexibility index (Phi) is 14.6. The predicted octanol–water partition coefficient (Wildman–Crippen LogP) is 5.26. The third kappa shape index (κ3) is 12.1. The highest BCUT2D eigenvalue weighted by molar-refractivity contribution is 7.89. The van der Waals surface area contributed by atoms with Gasteiger partial charge in [0.1, 0.15) is 11.4 Å². The molecule has 0 saturated heterocycles. The number of sulfonamides is 1. The van der Waals surface area contributed by atoms with Gasteiger partial charge in [0, 0.05) is 43.5 Å². The van der Waals surface area contributed by atoms with Crippen LogP contribution in [0.15, 0.2) is 77.7 Å². The molecule has 2 atom stereocenters. The van der Waals surface area contributed by atoms with E-state index in [1.807, 2.05) is 51.1 Å². The van der Waals surface area contributed by atoms with Gasteiger partial charge >= 0.3 is 6.09 Å². The van der Waals surface area contributed by atoms with Crippen LogP contribution in [0.2, 0.25) is 0 Å². The number of aliphatic hydroxyl groups is 1. The molecule has 3 N–H and O–H groups in total. The summed E-state index contributed by atoms with van der Waals surface area (Å²) in [5.41, 5.74) is 0.461. The molecule has 13 heteroatoms. The molecule has 51 heavy (non-hydrogen) atoms. The number of benzene rings is 3. The van der Waals surface area contributed by atoms with Crippen LogP contribution in [0.25, 0.3) is 0 Å². The van der Waals surface area contributed by atoms with Crippen LogP contribution >= 0.6 is 0 Å². The van der Waals surface area contributed by atoms with E-state index in [1.165, 1.54) is 53.7 Å². The van der Waals surface area contributed by atoms with Crippen molar-refractivity contribution in [1.29, 1.82) is 0 Å². The maximum atomic E-state index is 14.0. The van der Waals surface area contributed by atoms with Crippen LogP contribution in [-0.2, 0) is 21.2 Å². The van der Waals surface area contributed by atoms with Gasteiger partial charge in [0.2, 0.25) is 10.0 Å². The van der Waals surface area contributed by atoms with E-state index in [9.17, 15) is 27.9 Å². The molecule has 0 radical (unpaired) electrons. The van der Waals surface area contributed by atoms with Crippen LogP contribution in [-0.4, -0.2) is 87.3 Å². The minimum atomic E-state index is -4.05. The topological polar surface area (TPSA) is 155 Å². The van der Waals surface area contributed by atoms with E-state index in [1.54, 1.807) is 32.9 Å². The summed E-state index contributed by atoms with van der Waals surface area (Å²) in [6.45, 7) is 11.1. The standard InChI is InChI=1S/C38H52N4O8S/c1-9-19-39-35(44)28-21-29(23-30(22-28)41(7)37(46)50-38(4,5)6)36(45)40-33(20-27-13-11-10-12-14-27)34(43)25-42(24-26(2)3)51(47,48)32-17-15-31(49-8)16-18-32/h10-18,21-23,26,33-34,43H,9,19-20,24-25H2,1-8H3,(H,39,44)(H,40,45)/t33-,34+/m0/s1. The van der Waals surface area contributed by atoms with E-state index in [-0.39, 0.29) is 47.1 Å². The average Bonchev–Trinajstić information content (AvgIpc) is 3.08. The van der Waals surface area contributed by atoms with Gasteiger partial charge in [-0.25, -0.2) is 13.2 Å². The first-order chi connectivity index (χ1) is 23.9. The van der Waals surface area contributed by atoms with Gasteiger partial charge < -0.3 is 25.2 Å². The normalized spacial score (nSPS) is 13.0. The van der Waals surface area contributed by atoms with Crippen LogP contribution in [0.4, 0.5) is 10.5 Å². The second kappa shape index (κ2) is 18.2. The Morgan fingerprint density at radius 3 is 2.06 bits per heavy atom. The molecule has 0 bridgehead atoms. The molecule has 0 aliphatic heterocycles. The number of aliphatic hydroxyl groups excluding tert-OH is 1. The third-order valence-electron chi connectivity index (χ3n) is 7.77. The smallest absolute Gasteiger partial charge is 0.414 e. The highest BCUT2D eigenvalue weighted by atomic mass is 32.2. The van der Waals surface area contributed by atoms with E-state index in [4.69, 9.17) is 9.47 Å². The molecule has 0 aliphatic carbocycles. The molecule has 0 unspecified atom stereocenters. The predicted molar refractivity (Wildman–Crippen MR) is 198 cm³/mol. The highest BCUT2D eigenvalue weighted by Crippen LogP contribution is 2.24. The van der Waals surface area contributed by atoms with Crippen molar-refractivity contribution in [2.75, 3.05) is 38.7 Å². The average molecular weight is 725 g/mol. The first kappa shape index (κ1) is 41.0. The number of carbonyl (C=O) groups is 3. The molecule has 0 heterocycles. The SMILES string of the molecule is CCCNC(=O)c1cc(C(=O)N[C@@H](Cc2ccccc2)[C@H](O)CN(CC(C)C)S(=O)(=O)c2ccc(OC)cc2)cc(N(C)C(=O)OC(C)(C)C)c1. The summed E-state index contributed by atoms with van der Waals surface area (Å²) in [7, 11) is -1.08. The van der Waals surface area contributed by atoms with Crippen LogP contribution < -0.4 is 20.3 Å². The summed E-state index contributed by atoms with van der Waals surface area (Å²) in [5.74, 6) is -0.636. The van der Waals surface area contributed by atoms with Gasteiger partial charge in [-0.1, -0.05) is 51.1 Å². The maximum Gasteiger partial charge on any atom is 0.414 e. The first-order valence-corrected chi connectivity index (χ1v) is 18.5. The number of ether oxygens (including phenoxy) is 2. The summed E-state index contributed by atoms with van der Waals surface area (Å²) in [4.78, 5) is 41.3. The summed E-state index contributed by atoms with van der Waals surface area (Å²) < 4.78 is 39.6. The Labute approximate surface area is 302 Å². The summed E-state index contributed by atoms with van der Waals surface area (Å²) in [6.07, 6.45) is -1.16. The van der Waals surface area contributed by atoms with Crippen molar-refractivity contribution < 1.29 is 37.4 Å². The van der Waals surface area contributed by atoms with Crippen molar-refractivity contribution in [2.45, 2.75) is 77.0 Å². The summed E-state index contributed by atoms with van der Waals surface area (Å²) in [5, 5.41) is 17.4. The number of carbonyl (C=O) groups excluding carboxylic acids is 3. The van der Waals surface area contributed by atoms with Crippen molar-refractivity contribution in [3.05, 3.63) is 89.5 Å². The fourth-order valence-corrected chi connectivity index (χ4v) is 6.78. The van der Waals surface area contributed by atoms with Gasteiger partial charge in [-0.3, -0.25) is 14.5 Å². The molecule has 3 amide bonds. The second-order valence-electron chi connectivity index (χ2n) is 13.8.